The molecule has 0 unspecified atom stereocenters. The SMILES string of the molecule is CCOc1cc(/C=C2\C=C(c3ccc(C)cc3)OC2=O)ccc1OCc1ccc(Cl)cc1Cl. The number of carbonyl (C=O) groups is 1. The number of carbonyl (C=O) groups excluding carboxylic acids is 1. The number of aryl methyl sites for hydroxylation is 1. The summed E-state index contributed by atoms with van der Waals surface area (Å²) in [6.07, 6.45) is 3.52. The van der Waals surface area contributed by atoms with Gasteiger partial charge in [0.1, 0.15) is 12.4 Å². The minimum Gasteiger partial charge on any atom is -0.490 e. The van der Waals surface area contributed by atoms with Gasteiger partial charge < -0.3 is 14.2 Å². The van der Waals surface area contributed by atoms with Crippen LogP contribution in [0.25, 0.3) is 11.8 Å². The summed E-state index contributed by atoms with van der Waals surface area (Å²) < 4.78 is 17.2. The van der Waals surface area contributed by atoms with Crippen LogP contribution in [-0.4, -0.2) is 12.6 Å². The van der Waals surface area contributed by atoms with Crippen LogP contribution in [0, 0.1) is 6.92 Å². The molecule has 0 fully saturated rings. The minimum atomic E-state index is -0.388. The summed E-state index contributed by atoms with van der Waals surface area (Å²) in [5.74, 6) is 1.30. The van der Waals surface area contributed by atoms with Crippen molar-refractivity contribution in [2.75, 3.05) is 6.61 Å². The van der Waals surface area contributed by atoms with Crippen LogP contribution >= 0.6 is 23.2 Å². The van der Waals surface area contributed by atoms with E-state index in [4.69, 9.17) is 37.4 Å². The molecular weight excluding hydrogens is 459 g/mol. The molecular formula is C27H22Cl2O4. The molecule has 0 saturated heterocycles. The normalized spacial score (nSPS) is 14.2. The van der Waals surface area contributed by atoms with Crippen LogP contribution in [0.5, 0.6) is 11.5 Å². The quantitative estimate of drug-likeness (QED) is 0.263. The van der Waals surface area contributed by atoms with E-state index >= 15 is 0 Å². The Morgan fingerprint density at radius 3 is 2.45 bits per heavy atom. The molecule has 3 aromatic carbocycles. The lowest BCUT2D eigenvalue weighted by molar-refractivity contribution is -0.130. The molecule has 0 bridgehead atoms. The Morgan fingerprint density at radius 2 is 1.73 bits per heavy atom. The maximum absolute atomic E-state index is 12.4. The molecule has 0 amide bonds. The summed E-state index contributed by atoms with van der Waals surface area (Å²) in [7, 11) is 0. The van der Waals surface area contributed by atoms with Gasteiger partial charge in [-0.3, -0.25) is 0 Å². The van der Waals surface area contributed by atoms with Crippen molar-refractivity contribution in [3.8, 4) is 11.5 Å². The highest BCUT2D eigenvalue weighted by Gasteiger charge is 2.22. The van der Waals surface area contributed by atoms with E-state index in [0.717, 1.165) is 22.3 Å². The molecule has 0 saturated carbocycles. The summed E-state index contributed by atoms with van der Waals surface area (Å²) in [5, 5.41) is 1.11. The van der Waals surface area contributed by atoms with Gasteiger partial charge in [0, 0.05) is 21.2 Å². The summed E-state index contributed by atoms with van der Waals surface area (Å²) in [4.78, 5) is 12.4. The molecule has 0 N–H and O–H groups in total. The minimum absolute atomic E-state index is 0.269. The fourth-order valence-electron chi connectivity index (χ4n) is 3.32. The zero-order chi connectivity index (χ0) is 23.4. The van der Waals surface area contributed by atoms with Crippen molar-refractivity contribution >= 4 is 41.0 Å². The second-order valence-electron chi connectivity index (χ2n) is 7.53. The van der Waals surface area contributed by atoms with Crippen molar-refractivity contribution in [1.82, 2.24) is 0 Å². The lowest BCUT2D eigenvalue weighted by atomic mass is 10.1. The van der Waals surface area contributed by atoms with Crippen LogP contribution in [0.3, 0.4) is 0 Å². The predicted molar refractivity (Wildman–Crippen MR) is 132 cm³/mol. The monoisotopic (exact) mass is 480 g/mol. The topological polar surface area (TPSA) is 44.8 Å². The fraction of sp³-hybridized carbons (Fsp3) is 0.148. The molecule has 4 rings (SSSR count). The molecule has 0 aromatic heterocycles. The first-order chi connectivity index (χ1) is 15.9. The smallest absolute Gasteiger partial charge is 0.343 e. The van der Waals surface area contributed by atoms with E-state index in [1.54, 1.807) is 24.3 Å². The Morgan fingerprint density at radius 1 is 0.939 bits per heavy atom. The van der Waals surface area contributed by atoms with Crippen LogP contribution in [0.1, 0.15) is 29.2 Å². The van der Waals surface area contributed by atoms with Crippen LogP contribution in [0.2, 0.25) is 10.0 Å². The third-order valence-corrected chi connectivity index (χ3v) is 5.64. The largest absolute Gasteiger partial charge is 0.490 e. The van der Waals surface area contributed by atoms with Crippen molar-refractivity contribution in [1.29, 1.82) is 0 Å². The first-order valence-electron chi connectivity index (χ1n) is 10.5. The van der Waals surface area contributed by atoms with Crippen LogP contribution in [0.15, 0.2) is 72.3 Å². The Hall–Kier alpha value is -3.21. The van der Waals surface area contributed by atoms with Gasteiger partial charge in [0.15, 0.2) is 11.5 Å². The third kappa shape index (κ3) is 5.59. The first-order valence-corrected chi connectivity index (χ1v) is 11.2. The molecule has 3 aromatic rings. The lowest BCUT2D eigenvalue weighted by Gasteiger charge is -2.13. The van der Waals surface area contributed by atoms with Gasteiger partial charge >= 0.3 is 5.97 Å². The number of ether oxygens (including phenoxy) is 3. The number of cyclic esters (lactones) is 1. The maximum atomic E-state index is 12.4. The molecule has 4 nitrogen and oxygen atoms in total. The Bertz CT molecular complexity index is 1240. The van der Waals surface area contributed by atoms with E-state index in [-0.39, 0.29) is 12.6 Å². The molecule has 0 radical (unpaired) electrons. The summed E-state index contributed by atoms with van der Waals surface area (Å²) in [6, 6.07) is 18.6. The summed E-state index contributed by atoms with van der Waals surface area (Å²) >= 11 is 12.2. The van der Waals surface area contributed by atoms with E-state index in [2.05, 4.69) is 0 Å². The molecule has 0 spiro atoms. The van der Waals surface area contributed by atoms with Gasteiger partial charge in [-0.25, -0.2) is 4.79 Å². The van der Waals surface area contributed by atoms with Gasteiger partial charge in [0.05, 0.1) is 12.2 Å². The molecule has 168 valence electrons. The predicted octanol–water partition coefficient (Wildman–Crippen LogP) is 7.26. The zero-order valence-electron chi connectivity index (χ0n) is 18.2. The van der Waals surface area contributed by atoms with Gasteiger partial charge in [0.25, 0.3) is 0 Å². The van der Waals surface area contributed by atoms with E-state index in [0.29, 0.717) is 39.5 Å². The van der Waals surface area contributed by atoms with Crippen LogP contribution in [0.4, 0.5) is 0 Å². The molecule has 0 atom stereocenters. The van der Waals surface area contributed by atoms with Gasteiger partial charge in [0.2, 0.25) is 0 Å². The van der Waals surface area contributed by atoms with E-state index in [1.807, 2.05) is 62.4 Å². The van der Waals surface area contributed by atoms with Crippen LogP contribution in [-0.2, 0) is 16.1 Å². The first kappa shape index (κ1) is 23.0. The third-order valence-electron chi connectivity index (χ3n) is 5.05. The number of esters is 1. The van der Waals surface area contributed by atoms with Crippen LogP contribution < -0.4 is 9.47 Å². The van der Waals surface area contributed by atoms with Crippen molar-refractivity contribution in [2.24, 2.45) is 0 Å². The molecule has 0 aliphatic carbocycles. The van der Waals surface area contributed by atoms with Gasteiger partial charge in [-0.05, 0) is 55.8 Å². The van der Waals surface area contributed by atoms with Crippen molar-refractivity contribution < 1.29 is 19.0 Å². The van der Waals surface area contributed by atoms with Crippen molar-refractivity contribution in [3.05, 3.63) is 105 Å². The average Bonchev–Trinajstić information content (AvgIpc) is 3.15. The highest BCUT2D eigenvalue weighted by Crippen LogP contribution is 2.33. The lowest BCUT2D eigenvalue weighted by Crippen LogP contribution is -2.01. The standard InChI is InChI=1S/C27H22Cl2O4/c1-3-31-26-13-18(6-11-24(26)32-16-20-9-10-22(28)15-23(20)29)12-21-14-25(33-27(21)30)19-7-4-17(2)5-8-19/h4-15H,3,16H2,1-2H3/b21-12+. The Balaban J connectivity index is 1.55. The highest BCUT2D eigenvalue weighted by molar-refractivity contribution is 6.35. The van der Waals surface area contributed by atoms with Crippen molar-refractivity contribution in [2.45, 2.75) is 20.5 Å². The number of rotatable bonds is 7. The fourth-order valence-corrected chi connectivity index (χ4v) is 3.79. The zero-order valence-corrected chi connectivity index (χ0v) is 19.7. The molecule has 33 heavy (non-hydrogen) atoms. The Labute approximate surface area is 203 Å². The van der Waals surface area contributed by atoms with Crippen molar-refractivity contribution in [3.63, 3.8) is 0 Å². The molecule has 1 aliphatic rings. The van der Waals surface area contributed by atoms with Gasteiger partial charge in [-0.1, -0.05) is 65.2 Å². The van der Waals surface area contributed by atoms with E-state index < -0.39 is 0 Å². The van der Waals surface area contributed by atoms with Gasteiger partial charge in [-0.2, -0.15) is 0 Å². The maximum Gasteiger partial charge on any atom is 0.343 e. The number of benzene rings is 3. The Kier molecular flexibility index (Phi) is 7.07. The second-order valence-corrected chi connectivity index (χ2v) is 8.37. The van der Waals surface area contributed by atoms with Gasteiger partial charge in [-0.15, -0.1) is 0 Å². The number of hydrogen-bond acceptors (Lipinski definition) is 4. The molecule has 1 aliphatic heterocycles. The molecule has 1 heterocycles. The van der Waals surface area contributed by atoms with E-state index in [1.165, 1.54) is 0 Å². The molecule has 6 heteroatoms. The number of halogens is 2. The van der Waals surface area contributed by atoms with E-state index in [9.17, 15) is 4.79 Å². The summed E-state index contributed by atoms with van der Waals surface area (Å²) in [5.41, 5.74) is 4.08. The second kappa shape index (κ2) is 10.2. The average molecular weight is 481 g/mol. The summed E-state index contributed by atoms with van der Waals surface area (Å²) in [6.45, 7) is 4.65. The highest BCUT2D eigenvalue weighted by atomic mass is 35.5. The number of hydrogen-bond donors (Lipinski definition) is 0.